The number of hydrogen-bond donors (Lipinski definition) is 1. The maximum Gasteiger partial charge on any atom is 0.295 e. The molecule has 1 aromatic heterocycles. The van der Waals surface area contributed by atoms with Gasteiger partial charge in [0.15, 0.2) is 5.58 Å². The van der Waals surface area contributed by atoms with E-state index in [1.165, 1.54) is 37.8 Å². The second-order valence-electron chi connectivity index (χ2n) is 5.92. The first-order chi connectivity index (χ1) is 9.66. The smallest absolute Gasteiger partial charge is 0.295 e. The van der Waals surface area contributed by atoms with Gasteiger partial charge in [-0.1, -0.05) is 0 Å². The summed E-state index contributed by atoms with van der Waals surface area (Å²) in [6.45, 7) is 0.895. The van der Waals surface area contributed by atoms with Gasteiger partial charge in [-0.25, -0.2) is 0 Å². The molecule has 0 amide bonds. The molecule has 0 radical (unpaired) electrons. The first-order valence-corrected chi connectivity index (χ1v) is 6.95. The molecular weight excluding hydrogens is 258 g/mol. The van der Waals surface area contributed by atoms with Crippen LogP contribution in [0.15, 0.2) is 22.6 Å². The van der Waals surface area contributed by atoms with E-state index in [1.807, 2.05) is 0 Å². The summed E-state index contributed by atoms with van der Waals surface area (Å²) in [7, 11) is 0. The molecule has 0 bridgehead atoms. The fraction of sp³-hybridized carbons (Fsp3) is 0.500. The molecule has 0 saturated heterocycles. The van der Waals surface area contributed by atoms with Gasteiger partial charge in [0.25, 0.3) is 11.7 Å². The van der Waals surface area contributed by atoms with Gasteiger partial charge in [0, 0.05) is 18.7 Å². The number of nitro benzene ring substituents is 1. The Kier molecular flexibility index (Phi) is 2.31. The Morgan fingerprint density at radius 1 is 1.45 bits per heavy atom. The zero-order valence-corrected chi connectivity index (χ0v) is 11.0. The first-order valence-electron chi connectivity index (χ1n) is 6.95. The summed E-state index contributed by atoms with van der Waals surface area (Å²) < 4.78 is 5.58. The summed E-state index contributed by atoms with van der Waals surface area (Å²) in [4.78, 5) is 14.6. The van der Waals surface area contributed by atoms with Crippen LogP contribution in [0.25, 0.3) is 11.1 Å². The Balaban J connectivity index is 1.53. The molecule has 0 aliphatic heterocycles. The fourth-order valence-corrected chi connectivity index (χ4v) is 2.94. The zero-order chi connectivity index (χ0) is 13.7. The van der Waals surface area contributed by atoms with Crippen LogP contribution in [0.1, 0.15) is 25.7 Å². The number of aromatic nitrogens is 1. The van der Waals surface area contributed by atoms with E-state index in [9.17, 15) is 10.1 Å². The van der Waals surface area contributed by atoms with Crippen molar-refractivity contribution in [3.8, 4) is 0 Å². The number of nitro groups is 1. The van der Waals surface area contributed by atoms with Crippen LogP contribution in [0.3, 0.4) is 0 Å². The third-order valence-corrected chi connectivity index (χ3v) is 4.51. The van der Waals surface area contributed by atoms with Crippen molar-refractivity contribution in [1.82, 2.24) is 4.98 Å². The number of non-ortho nitro benzene ring substituents is 1. The van der Waals surface area contributed by atoms with Crippen LogP contribution in [-0.2, 0) is 0 Å². The molecule has 4 rings (SSSR count). The highest BCUT2D eigenvalue weighted by atomic mass is 16.6. The normalized spacial score (nSPS) is 20.0. The van der Waals surface area contributed by atoms with Crippen LogP contribution in [0.2, 0.25) is 0 Å². The number of anilines is 1. The Labute approximate surface area is 115 Å². The zero-order valence-electron chi connectivity index (χ0n) is 11.0. The van der Waals surface area contributed by atoms with Gasteiger partial charge >= 0.3 is 0 Å². The lowest BCUT2D eigenvalue weighted by Crippen LogP contribution is -2.17. The van der Waals surface area contributed by atoms with Crippen LogP contribution < -0.4 is 5.32 Å². The predicted octanol–water partition coefficient (Wildman–Crippen LogP) is 3.34. The molecule has 20 heavy (non-hydrogen) atoms. The Morgan fingerprint density at radius 3 is 2.90 bits per heavy atom. The quantitative estimate of drug-likeness (QED) is 0.667. The lowest BCUT2D eigenvalue weighted by atomic mass is 10.0. The highest BCUT2D eigenvalue weighted by Crippen LogP contribution is 2.61. The Morgan fingerprint density at radius 2 is 2.25 bits per heavy atom. The van der Waals surface area contributed by atoms with E-state index < -0.39 is 4.92 Å². The SMILES string of the molecule is O=[N+]([O-])c1ccc2oc(NCC3(C4CC4)CC3)nc2c1. The molecule has 2 aromatic rings. The maximum atomic E-state index is 10.7. The molecule has 6 heteroatoms. The minimum Gasteiger partial charge on any atom is -0.424 e. The van der Waals surface area contributed by atoms with Crippen molar-refractivity contribution in [2.45, 2.75) is 25.7 Å². The van der Waals surface area contributed by atoms with Crippen LogP contribution in [0.5, 0.6) is 0 Å². The van der Waals surface area contributed by atoms with Crippen molar-refractivity contribution < 1.29 is 9.34 Å². The summed E-state index contributed by atoms with van der Waals surface area (Å²) >= 11 is 0. The van der Waals surface area contributed by atoms with E-state index >= 15 is 0 Å². The minimum atomic E-state index is -0.423. The number of oxazole rings is 1. The molecule has 104 valence electrons. The number of nitrogens with one attached hydrogen (secondary N) is 1. The highest BCUT2D eigenvalue weighted by Gasteiger charge is 2.53. The van der Waals surface area contributed by atoms with Crippen molar-refractivity contribution in [3.63, 3.8) is 0 Å². The summed E-state index contributed by atoms with van der Waals surface area (Å²) in [5.41, 5.74) is 1.61. The minimum absolute atomic E-state index is 0.0361. The molecule has 2 fully saturated rings. The van der Waals surface area contributed by atoms with E-state index in [0.29, 0.717) is 22.5 Å². The second-order valence-corrected chi connectivity index (χ2v) is 5.92. The van der Waals surface area contributed by atoms with Crippen molar-refractivity contribution in [2.24, 2.45) is 11.3 Å². The molecular formula is C14H15N3O3. The van der Waals surface area contributed by atoms with Crippen LogP contribution in [0.4, 0.5) is 11.7 Å². The average Bonchev–Trinajstić information content (AvgIpc) is 3.31. The van der Waals surface area contributed by atoms with Gasteiger partial charge in [0.05, 0.1) is 4.92 Å². The van der Waals surface area contributed by atoms with Gasteiger partial charge in [0.1, 0.15) is 5.52 Å². The number of hydrogen-bond acceptors (Lipinski definition) is 5. The van der Waals surface area contributed by atoms with Gasteiger partial charge in [-0.2, -0.15) is 4.98 Å². The first kappa shape index (κ1) is 11.7. The van der Waals surface area contributed by atoms with Gasteiger partial charge < -0.3 is 9.73 Å². The maximum absolute atomic E-state index is 10.7. The molecule has 1 N–H and O–H groups in total. The number of fused-ring (bicyclic) bond motifs is 1. The van der Waals surface area contributed by atoms with Gasteiger partial charge in [0.2, 0.25) is 0 Å². The molecule has 0 atom stereocenters. The van der Waals surface area contributed by atoms with E-state index in [2.05, 4.69) is 10.3 Å². The average molecular weight is 273 g/mol. The molecule has 1 aromatic carbocycles. The lowest BCUT2D eigenvalue weighted by Gasteiger charge is -2.13. The monoisotopic (exact) mass is 273 g/mol. The third kappa shape index (κ3) is 1.92. The van der Waals surface area contributed by atoms with Crippen molar-refractivity contribution in [1.29, 1.82) is 0 Å². The molecule has 1 heterocycles. The molecule has 6 nitrogen and oxygen atoms in total. The highest BCUT2D eigenvalue weighted by molar-refractivity contribution is 5.77. The van der Waals surface area contributed by atoms with Crippen LogP contribution in [-0.4, -0.2) is 16.5 Å². The molecule has 2 saturated carbocycles. The Hall–Kier alpha value is -2.11. The lowest BCUT2D eigenvalue weighted by molar-refractivity contribution is -0.384. The molecule has 0 spiro atoms. The summed E-state index contributed by atoms with van der Waals surface area (Å²) in [5, 5.41) is 14.0. The third-order valence-electron chi connectivity index (χ3n) is 4.51. The van der Waals surface area contributed by atoms with Crippen molar-refractivity contribution >= 4 is 22.8 Å². The molecule has 0 unspecified atom stereocenters. The number of nitrogens with zero attached hydrogens (tertiary/aromatic N) is 2. The largest absolute Gasteiger partial charge is 0.424 e. The summed E-state index contributed by atoms with van der Waals surface area (Å²) in [5.74, 6) is 0.875. The Bertz CT molecular complexity index is 686. The van der Waals surface area contributed by atoms with E-state index in [-0.39, 0.29) is 5.69 Å². The summed E-state index contributed by atoms with van der Waals surface area (Å²) in [6, 6.07) is 4.94. The van der Waals surface area contributed by atoms with Crippen LogP contribution >= 0.6 is 0 Å². The number of benzene rings is 1. The van der Waals surface area contributed by atoms with Gasteiger partial charge in [-0.05, 0) is 43.1 Å². The number of rotatable bonds is 5. The van der Waals surface area contributed by atoms with Gasteiger partial charge in [-0.15, -0.1) is 0 Å². The molecule has 2 aliphatic rings. The van der Waals surface area contributed by atoms with E-state index in [4.69, 9.17) is 4.42 Å². The van der Waals surface area contributed by atoms with E-state index in [1.54, 1.807) is 6.07 Å². The van der Waals surface area contributed by atoms with Crippen molar-refractivity contribution in [2.75, 3.05) is 11.9 Å². The standard InChI is InChI=1S/C14H15N3O3/c18-17(19)10-3-4-12-11(7-10)16-13(20-12)15-8-14(5-6-14)9-1-2-9/h3-4,7,9H,1-2,5-6,8H2,(H,15,16). The molecule has 2 aliphatic carbocycles. The van der Waals surface area contributed by atoms with E-state index in [0.717, 1.165) is 12.5 Å². The topological polar surface area (TPSA) is 81.2 Å². The van der Waals surface area contributed by atoms with Crippen molar-refractivity contribution in [3.05, 3.63) is 28.3 Å². The predicted molar refractivity (Wildman–Crippen MR) is 73.5 cm³/mol. The van der Waals surface area contributed by atoms with Gasteiger partial charge in [-0.3, -0.25) is 10.1 Å². The fourth-order valence-electron chi connectivity index (χ4n) is 2.94. The summed E-state index contributed by atoms with van der Waals surface area (Å²) in [6.07, 6.45) is 5.27. The van der Waals surface area contributed by atoms with Crippen LogP contribution in [0, 0.1) is 21.4 Å². The second kappa shape index (κ2) is 3.94.